The maximum atomic E-state index is 10.9. The number of hydrogen-bond donors (Lipinski definition) is 2. The van der Waals surface area contributed by atoms with Crippen molar-refractivity contribution >= 4 is 33.9 Å². The number of fused-ring (bicyclic) bond motifs is 2. The van der Waals surface area contributed by atoms with E-state index in [9.17, 15) is 5.11 Å². The number of hydrogen-bond acceptors (Lipinski definition) is 6. The number of aromatic nitrogens is 1. The molecular weight excluding hydrogens is 476 g/mol. The third-order valence-corrected chi connectivity index (χ3v) is 7.04. The van der Waals surface area contributed by atoms with Crippen LogP contribution in [0.4, 0.5) is 5.69 Å². The average molecular weight is 503 g/mol. The van der Waals surface area contributed by atoms with Crippen LogP contribution in [0.15, 0.2) is 65.7 Å². The van der Waals surface area contributed by atoms with Crippen molar-refractivity contribution in [3.05, 3.63) is 82.4 Å². The first-order valence-electron chi connectivity index (χ1n) is 12.0. The Hall–Kier alpha value is -3.52. The van der Waals surface area contributed by atoms with E-state index in [1.807, 2.05) is 42.5 Å². The fourth-order valence-electron chi connectivity index (χ4n) is 4.77. The lowest BCUT2D eigenvalue weighted by atomic mass is 10.00. The van der Waals surface area contributed by atoms with Crippen molar-refractivity contribution in [2.45, 2.75) is 6.54 Å². The second-order valence-corrected chi connectivity index (χ2v) is 9.75. The number of benzene rings is 3. The smallest absolute Gasteiger partial charge is 0.231 e. The minimum Gasteiger partial charge on any atom is -0.494 e. The van der Waals surface area contributed by atoms with Crippen LogP contribution in [0, 0.1) is 0 Å². The Labute approximate surface area is 214 Å². The zero-order valence-electron chi connectivity index (χ0n) is 20.0. The van der Waals surface area contributed by atoms with Crippen LogP contribution in [-0.2, 0) is 6.54 Å². The van der Waals surface area contributed by atoms with Gasteiger partial charge in [-0.2, -0.15) is 0 Å². The van der Waals surface area contributed by atoms with Gasteiger partial charge in [-0.15, -0.1) is 0 Å². The summed E-state index contributed by atoms with van der Waals surface area (Å²) in [6.45, 7) is 5.47. The van der Waals surface area contributed by atoms with Gasteiger partial charge < -0.3 is 24.5 Å². The largest absolute Gasteiger partial charge is 0.494 e. The van der Waals surface area contributed by atoms with Gasteiger partial charge >= 0.3 is 0 Å². The predicted molar refractivity (Wildman–Crippen MR) is 142 cm³/mol. The van der Waals surface area contributed by atoms with E-state index in [-0.39, 0.29) is 12.7 Å². The molecule has 3 heterocycles. The fourth-order valence-corrected chi connectivity index (χ4v) is 4.95. The van der Waals surface area contributed by atoms with Gasteiger partial charge in [-0.1, -0.05) is 29.8 Å². The number of rotatable bonds is 5. The molecule has 2 N–H and O–H groups in total. The molecule has 1 saturated heterocycles. The highest BCUT2D eigenvalue weighted by Crippen LogP contribution is 2.37. The number of aromatic amines is 1. The van der Waals surface area contributed by atoms with Crippen LogP contribution >= 0.6 is 11.6 Å². The van der Waals surface area contributed by atoms with Gasteiger partial charge in [0.15, 0.2) is 17.4 Å². The van der Waals surface area contributed by atoms with Gasteiger partial charge in [0.25, 0.3) is 0 Å². The monoisotopic (exact) mass is 502 g/mol. The Balaban J connectivity index is 1.38. The Morgan fingerprint density at radius 3 is 2.56 bits per heavy atom. The molecule has 0 amide bonds. The first kappa shape index (κ1) is 22.9. The summed E-state index contributed by atoms with van der Waals surface area (Å²) in [7, 11) is 2.17. The number of aromatic hydroxyl groups is 1. The molecule has 4 aromatic rings. The highest BCUT2D eigenvalue weighted by Gasteiger charge is 2.22. The van der Waals surface area contributed by atoms with Crippen LogP contribution in [0.5, 0.6) is 17.4 Å². The van der Waals surface area contributed by atoms with Crippen LogP contribution in [0.3, 0.4) is 0 Å². The lowest BCUT2D eigenvalue weighted by Crippen LogP contribution is -2.43. The van der Waals surface area contributed by atoms with Gasteiger partial charge in [-0.05, 0) is 55.1 Å². The zero-order chi connectivity index (χ0) is 24.6. The van der Waals surface area contributed by atoms with Gasteiger partial charge in [0.1, 0.15) is 0 Å². The molecule has 36 heavy (non-hydrogen) atoms. The highest BCUT2D eigenvalue weighted by molar-refractivity contribution is 6.31. The summed E-state index contributed by atoms with van der Waals surface area (Å²) in [4.78, 5) is 12.9. The summed E-state index contributed by atoms with van der Waals surface area (Å²) >= 11 is 6.19. The van der Waals surface area contributed by atoms with E-state index in [0.29, 0.717) is 27.8 Å². The Morgan fingerprint density at radius 1 is 0.972 bits per heavy atom. The summed E-state index contributed by atoms with van der Waals surface area (Å²) in [5, 5.41) is 12.4. The molecule has 2 aliphatic rings. The number of piperazine rings is 1. The molecule has 6 rings (SSSR count). The van der Waals surface area contributed by atoms with Crippen molar-refractivity contribution in [3.8, 4) is 17.4 Å². The predicted octanol–water partition coefficient (Wildman–Crippen LogP) is 5.17. The summed E-state index contributed by atoms with van der Waals surface area (Å²) < 4.78 is 11.1. The van der Waals surface area contributed by atoms with Crippen LogP contribution in [0.2, 0.25) is 5.02 Å². The molecule has 0 saturated carbocycles. The lowest BCUT2D eigenvalue weighted by Gasteiger charge is -2.32. The standard InChI is InChI=1S/C28H27ClN4O3/c1-32-10-12-33(13-11-32)16-18-2-6-21(7-3-18)30-27(19-4-9-24-25(14-19)36-17-35-24)26-22-8-5-20(29)15-23(22)31-28(26)34/h2-9,14-15,31,34H,10-13,16-17H2,1H3. The number of nitrogens with zero attached hydrogens (tertiary/aromatic N) is 3. The molecular formula is C28H27ClN4O3. The first-order valence-corrected chi connectivity index (χ1v) is 12.4. The van der Waals surface area contributed by atoms with Crippen LogP contribution in [0.1, 0.15) is 16.7 Å². The van der Waals surface area contributed by atoms with Gasteiger partial charge in [0.05, 0.1) is 22.5 Å². The molecule has 1 aromatic heterocycles. The van der Waals surface area contributed by atoms with Gasteiger partial charge in [0.2, 0.25) is 6.79 Å². The minimum absolute atomic E-state index is 0.0374. The van der Waals surface area contributed by atoms with Crippen LogP contribution in [0.25, 0.3) is 10.9 Å². The second kappa shape index (κ2) is 9.50. The van der Waals surface area contributed by atoms with Crippen molar-refractivity contribution in [2.24, 2.45) is 4.99 Å². The molecule has 0 aliphatic carbocycles. The normalized spacial score (nSPS) is 16.7. The van der Waals surface area contributed by atoms with Gasteiger partial charge in [-0.25, -0.2) is 4.99 Å². The summed E-state index contributed by atoms with van der Waals surface area (Å²) in [5.41, 5.74) is 4.85. The summed E-state index contributed by atoms with van der Waals surface area (Å²) in [6, 6.07) is 19.5. The minimum atomic E-state index is 0.0374. The lowest BCUT2D eigenvalue weighted by molar-refractivity contribution is 0.148. The molecule has 0 unspecified atom stereocenters. The topological polar surface area (TPSA) is 73.3 Å². The molecule has 184 valence electrons. The molecule has 0 spiro atoms. The summed E-state index contributed by atoms with van der Waals surface area (Å²) in [5.74, 6) is 1.39. The van der Waals surface area contributed by atoms with E-state index in [1.54, 1.807) is 6.07 Å². The van der Waals surface area contributed by atoms with E-state index in [4.69, 9.17) is 26.1 Å². The van der Waals surface area contributed by atoms with Crippen LogP contribution < -0.4 is 9.47 Å². The van der Waals surface area contributed by atoms with E-state index >= 15 is 0 Å². The number of H-pyrrole nitrogens is 1. The van der Waals surface area contributed by atoms with E-state index in [2.05, 4.69) is 34.0 Å². The van der Waals surface area contributed by atoms with Gasteiger partial charge in [-0.3, -0.25) is 4.90 Å². The Kier molecular flexibility index (Phi) is 6.05. The molecule has 8 heteroatoms. The maximum absolute atomic E-state index is 10.9. The summed E-state index contributed by atoms with van der Waals surface area (Å²) in [6.07, 6.45) is 0. The van der Waals surface area contributed by atoms with E-state index < -0.39 is 0 Å². The van der Waals surface area contributed by atoms with Crippen molar-refractivity contribution < 1.29 is 14.6 Å². The van der Waals surface area contributed by atoms with E-state index in [1.165, 1.54) is 5.56 Å². The highest BCUT2D eigenvalue weighted by atomic mass is 35.5. The maximum Gasteiger partial charge on any atom is 0.231 e. The first-order chi connectivity index (χ1) is 17.5. The third-order valence-electron chi connectivity index (χ3n) is 6.80. The average Bonchev–Trinajstić information content (AvgIpc) is 3.47. The quantitative estimate of drug-likeness (QED) is 0.368. The van der Waals surface area contributed by atoms with Crippen molar-refractivity contribution in [1.29, 1.82) is 0 Å². The number of nitrogens with one attached hydrogen (secondary N) is 1. The second-order valence-electron chi connectivity index (χ2n) is 9.31. The molecule has 1 fully saturated rings. The SMILES string of the molecule is CN1CCN(Cc2ccc(N=C(c3ccc4c(c3)OCO4)c3c(O)[nH]c4cc(Cl)ccc34)cc2)CC1. The molecule has 7 nitrogen and oxygen atoms in total. The number of ether oxygens (including phenoxy) is 2. The van der Waals surface area contributed by atoms with Crippen molar-refractivity contribution in [1.82, 2.24) is 14.8 Å². The number of halogens is 1. The third kappa shape index (κ3) is 4.53. The number of aliphatic imine (C=N–C) groups is 1. The Bertz CT molecular complexity index is 1440. The van der Waals surface area contributed by atoms with Gasteiger partial charge in [0, 0.05) is 48.7 Å². The zero-order valence-corrected chi connectivity index (χ0v) is 20.8. The van der Waals surface area contributed by atoms with Crippen molar-refractivity contribution in [3.63, 3.8) is 0 Å². The molecule has 0 bridgehead atoms. The van der Waals surface area contributed by atoms with Crippen LogP contribution in [-0.4, -0.2) is 65.6 Å². The number of likely N-dealkylation sites (N-methyl/N-ethyl adjacent to an activating group) is 1. The van der Waals surface area contributed by atoms with E-state index in [0.717, 1.165) is 54.9 Å². The molecule has 2 aliphatic heterocycles. The molecule has 3 aromatic carbocycles. The fraction of sp³-hybridized carbons (Fsp3) is 0.250. The van der Waals surface area contributed by atoms with Crippen molar-refractivity contribution in [2.75, 3.05) is 40.0 Å². The molecule has 0 atom stereocenters. The molecule has 0 radical (unpaired) electrons. The Morgan fingerprint density at radius 2 is 1.75 bits per heavy atom.